The van der Waals surface area contributed by atoms with Gasteiger partial charge in [-0.3, -0.25) is 4.79 Å². The fraction of sp³-hybridized carbons (Fsp3) is 0.533. The van der Waals surface area contributed by atoms with Gasteiger partial charge in [0, 0.05) is 6.61 Å². The summed E-state index contributed by atoms with van der Waals surface area (Å²) in [5, 5.41) is 2.77. The predicted molar refractivity (Wildman–Crippen MR) is 79.7 cm³/mol. The second kappa shape index (κ2) is 6.58. The lowest BCUT2D eigenvalue weighted by Crippen LogP contribution is -2.37. The summed E-state index contributed by atoms with van der Waals surface area (Å²) in [5.74, 6) is -0.359. The number of ether oxygens (including phenoxy) is 1. The van der Waals surface area contributed by atoms with Crippen LogP contribution in [0.4, 0.5) is 0 Å². The van der Waals surface area contributed by atoms with E-state index in [0.29, 0.717) is 17.1 Å². The van der Waals surface area contributed by atoms with Gasteiger partial charge in [0.05, 0.1) is 16.7 Å². The van der Waals surface area contributed by atoms with Gasteiger partial charge < -0.3 is 10.1 Å². The Morgan fingerprint density at radius 2 is 2.14 bits per heavy atom. The molecule has 116 valence electrons. The van der Waals surface area contributed by atoms with E-state index in [4.69, 9.17) is 4.74 Å². The molecule has 1 N–H and O–H groups in total. The number of unbranched alkanes of at least 4 members (excludes halogenated alkanes) is 1. The molecule has 0 bridgehead atoms. The lowest BCUT2D eigenvalue weighted by atomic mass is 10.1. The van der Waals surface area contributed by atoms with Crippen LogP contribution >= 0.6 is 0 Å². The molecule has 0 spiro atoms. The highest BCUT2D eigenvalue weighted by atomic mass is 32.2. The fourth-order valence-electron chi connectivity index (χ4n) is 2.34. The number of rotatable bonds is 6. The molecule has 1 aliphatic heterocycles. The molecule has 5 nitrogen and oxygen atoms in total. The molecule has 0 aliphatic carbocycles. The van der Waals surface area contributed by atoms with E-state index in [1.807, 2.05) is 0 Å². The van der Waals surface area contributed by atoms with E-state index in [9.17, 15) is 13.2 Å². The SMILES string of the molecule is CCCCO[C@@H](C)C(=O)N[C@H]1CS(=O)(=O)c2ccccc21. The van der Waals surface area contributed by atoms with E-state index in [1.165, 1.54) is 0 Å². The zero-order valence-electron chi connectivity index (χ0n) is 12.3. The lowest BCUT2D eigenvalue weighted by Gasteiger charge is -2.17. The van der Waals surface area contributed by atoms with Crippen molar-refractivity contribution in [2.24, 2.45) is 0 Å². The van der Waals surface area contributed by atoms with Crippen LogP contribution in [-0.2, 0) is 19.4 Å². The molecule has 21 heavy (non-hydrogen) atoms. The largest absolute Gasteiger partial charge is 0.369 e. The first kappa shape index (κ1) is 16.0. The average molecular weight is 311 g/mol. The van der Waals surface area contributed by atoms with Crippen LogP contribution in [0.3, 0.4) is 0 Å². The fourth-order valence-corrected chi connectivity index (χ4v) is 4.08. The Kier molecular flexibility index (Phi) is 5.00. The highest BCUT2D eigenvalue weighted by Gasteiger charge is 2.35. The maximum atomic E-state index is 12.1. The van der Waals surface area contributed by atoms with Gasteiger partial charge in [0.25, 0.3) is 0 Å². The number of hydrogen-bond acceptors (Lipinski definition) is 4. The summed E-state index contributed by atoms with van der Waals surface area (Å²) in [5.41, 5.74) is 0.659. The molecule has 1 amide bonds. The summed E-state index contributed by atoms with van der Waals surface area (Å²) in [6.45, 7) is 4.26. The molecular weight excluding hydrogens is 290 g/mol. The number of benzene rings is 1. The maximum absolute atomic E-state index is 12.1. The normalized spacial score (nSPS) is 20.8. The van der Waals surface area contributed by atoms with Crippen LogP contribution in [0, 0.1) is 0 Å². The molecule has 0 aromatic heterocycles. The first-order valence-electron chi connectivity index (χ1n) is 7.19. The van der Waals surface area contributed by atoms with Crippen molar-refractivity contribution in [3.05, 3.63) is 29.8 Å². The van der Waals surface area contributed by atoms with E-state index < -0.39 is 22.0 Å². The highest BCUT2D eigenvalue weighted by Crippen LogP contribution is 2.32. The molecule has 1 heterocycles. The summed E-state index contributed by atoms with van der Waals surface area (Å²) < 4.78 is 29.5. The van der Waals surface area contributed by atoms with Gasteiger partial charge in [0.1, 0.15) is 6.10 Å². The molecule has 0 saturated heterocycles. The number of nitrogens with one attached hydrogen (secondary N) is 1. The summed E-state index contributed by atoms with van der Waals surface area (Å²) in [4.78, 5) is 12.4. The van der Waals surface area contributed by atoms with Crippen molar-refractivity contribution in [2.75, 3.05) is 12.4 Å². The minimum atomic E-state index is -3.30. The van der Waals surface area contributed by atoms with E-state index in [-0.39, 0.29) is 11.7 Å². The lowest BCUT2D eigenvalue weighted by molar-refractivity contribution is -0.132. The second-order valence-electron chi connectivity index (χ2n) is 5.25. The zero-order chi connectivity index (χ0) is 15.5. The molecule has 2 rings (SSSR count). The van der Waals surface area contributed by atoms with Gasteiger partial charge in [-0.1, -0.05) is 31.5 Å². The first-order chi connectivity index (χ1) is 9.95. The van der Waals surface area contributed by atoms with Gasteiger partial charge >= 0.3 is 0 Å². The molecule has 1 aromatic carbocycles. The Morgan fingerprint density at radius 3 is 2.86 bits per heavy atom. The summed E-state index contributed by atoms with van der Waals surface area (Å²) >= 11 is 0. The van der Waals surface area contributed by atoms with Crippen LogP contribution in [0.15, 0.2) is 29.2 Å². The van der Waals surface area contributed by atoms with Gasteiger partial charge in [-0.2, -0.15) is 0 Å². The number of sulfone groups is 1. The minimum Gasteiger partial charge on any atom is -0.369 e. The average Bonchev–Trinajstić information content (AvgIpc) is 2.71. The van der Waals surface area contributed by atoms with Crippen LogP contribution in [0.25, 0.3) is 0 Å². The Balaban J connectivity index is 2.03. The molecule has 0 radical (unpaired) electrons. The third-order valence-corrected chi connectivity index (χ3v) is 5.38. The minimum absolute atomic E-state index is 0.0836. The van der Waals surface area contributed by atoms with Crippen molar-refractivity contribution in [1.29, 1.82) is 0 Å². The van der Waals surface area contributed by atoms with Crippen LogP contribution in [0.2, 0.25) is 0 Å². The van der Waals surface area contributed by atoms with Gasteiger partial charge in [-0.15, -0.1) is 0 Å². The third kappa shape index (κ3) is 3.63. The highest BCUT2D eigenvalue weighted by molar-refractivity contribution is 7.91. The standard InChI is InChI=1S/C15H21NO4S/c1-3-4-9-20-11(2)15(17)16-13-10-21(18,19)14-8-6-5-7-12(13)14/h5-8,11,13H,3-4,9-10H2,1-2H3,(H,16,17)/t11-,13-/m0/s1. The topological polar surface area (TPSA) is 72.5 Å². The molecule has 0 saturated carbocycles. The van der Waals surface area contributed by atoms with Crippen LogP contribution in [0.5, 0.6) is 0 Å². The van der Waals surface area contributed by atoms with E-state index in [2.05, 4.69) is 12.2 Å². The van der Waals surface area contributed by atoms with Gasteiger partial charge in [0.2, 0.25) is 5.91 Å². The molecule has 2 atom stereocenters. The number of amides is 1. The van der Waals surface area contributed by atoms with Crippen molar-refractivity contribution in [1.82, 2.24) is 5.32 Å². The summed E-state index contributed by atoms with van der Waals surface area (Å²) in [6, 6.07) is 6.30. The maximum Gasteiger partial charge on any atom is 0.249 e. The first-order valence-corrected chi connectivity index (χ1v) is 8.84. The van der Waals surface area contributed by atoms with Crippen LogP contribution in [0.1, 0.15) is 38.3 Å². The molecule has 6 heteroatoms. The predicted octanol–water partition coefficient (Wildman–Crippen LogP) is 1.84. The van der Waals surface area contributed by atoms with Crippen molar-refractivity contribution >= 4 is 15.7 Å². The molecular formula is C15H21NO4S. The zero-order valence-corrected chi connectivity index (χ0v) is 13.2. The Morgan fingerprint density at radius 1 is 1.43 bits per heavy atom. The monoisotopic (exact) mass is 311 g/mol. The molecule has 1 aliphatic rings. The third-order valence-electron chi connectivity index (χ3n) is 3.57. The number of hydrogen-bond donors (Lipinski definition) is 1. The van der Waals surface area contributed by atoms with Crippen molar-refractivity contribution in [2.45, 2.75) is 43.7 Å². The van der Waals surface area contributed by atoms with Gasteiger partial charge in [0.15, 0.2) is 9.84 Å². The Labute approximate surface area is 125 Å². The molecule has 0 unspecified atom stereocenters. The van der Waals surface area contributed by atoms with Crippen LogP contribution in [-0.4, -0.2) is 32.8 Å². The van der Waals surface area contributed by atoms with E-state index in [0.717, 1.165) is 12.8 Å². The van der Waals surface area contributed by atoms with Crippen LogP contribution < -0.4 is 5.32 Å². The van der Waals surface area contributed by atoms with Crippen molar-refractivity contribution in [3.63, 3.8) is 0 Å². The Hall–Kier alpha value is -1.40. The van der Waals surface area contributed by atoms with Crippen molar-refractivity contribution < 1.29 is 17.9 Å². The van der Waals surface area contributed by atoms with Gasteiger partial charge in [-0.25, -0.2) is 8.42 Å². The number of carbonyl (C=O) groups excluding carboxylic acids is 1. The van der Waals surface area contributed by atoms with Crippen molar-refractivity contribution in [3.8, 4) is 0 Å². The van der Waals surface area contributed by atoms with E-state index >= 15 is 0 Å². The van der Waals surface area contributed by atoms with Gasteiger partial charge in [-0.05, 0) is 25.0 Å². The summed E-state index contributed by atoms with van der Waals surface area (Å²) in [7, 11) is -3.30. The summed E-state index contributed by atoms with van der Waals surface area (Å²) in [6.07, 6.45) is 1.33. The smallest absolute Gasteiger partial charge is 0.249 e. The van der Waals surface area contributed by atoms with E-state index in [1.54, 1.807) is 31.2 Å². The number of fused-ring (bicyclic) bond motifs is 1. The Bertz CT molecular complexity index is 612. The number of carbonyl (C=O) groups is 1. The quantitative estimate of drug-likeness (QED) is 0.814. The molecule has 0 fully saturated rings. The second-order valence-corrected chi connectivity index (χ2v) is 7.25. The molecule has 1 aromatic rings.